The van der Waals surface area contributed by atoms with Gasteiger partial charge in [-0.3, -0.25) is 4.79 Å². The summed E-state index contributed by atoms with van der Waals surface area (Å²) < 4.78 is 5.44. The molecule has 0 aromatic carbocycles. The van der Waals surface area contributed by atoms with Gasteiger partial charge in [0.15, 0.2) is 0 Å². The number of unbranched alkanes of at least 4 members (excludes halogenated alkanes) is 32. The van der Waals surface area contributed by atoms with Crippen LogP contribution in [0.5, 0.6) is 0 Å². The van der Waals surface area contributed by atoms with E-state index in [0.717, 1.165) is 12.8 Å². The molecule has 0 amide bonds. The Balaban J connectivity index is 3.12. The number of carbonyl (C=O) groups excluding carboxylic acids is 1. The first-order valence-electron chi connectivity index (χ1n) is 19.5. The highest BCUT2D eigenvalue weighted by Gasteiger charge is 2.03. The highest BCUT2D eigenvalue weighted by Crippen LogP contribution is 2.16. The van der Waals surface area contributed by atoms with Gasteiger partial charge in [-0.1, -0.05) is 219 Å². The molecule has 0 spiro atoms. The van der Waals surface area contributed by atoms with Gasteiger partial charge in [0.1, 0.15) is 0 Å². The van der Waals surface area contributed by atoms with Gasteiger partial charge in [0.25, 0.3) is 0 Å². The first-order chi connectivity index (χ1) is 20.3. The van der Waals surface area contributed by atoms with Crippen molar-refractivity contribution in [3.8, 4) is 0 Å². The monoisotopic (exact) mass is 579 g/mol. The van der Waals surface area contributed by atoms with Gasteiger partial charge in [-0.05, 0) is 12.8 Å². The Morgan fingerprint density at radius 2 is 0.537 bits per heavy atom. The van der Waals surface area contributed by atoms with E-state index in [9.17, 15) is 4.79 Å². The summed E-state index contributed by atoms with van der Waals surface area (Å²) in [6.45, 7) is 5.21. The molecule has 0 N–H and O–H groups in total. The second-order valence-electron chi connectivity index (χ2n) is 13.3. The molecule has 0 rings (SSSR count). The zero-order valence-electron chi connectivity index (χ0n) is 28.8. The van der Waals surface area contributed by atoms with E-state index in [1.54, 1.807) is 0 Å². The number of rotatable bonds is 36. The molecule has 0 aliphatic carbocycles. The molecule has 2 nitrogen and oxygen atoms in total. The maximum atomic E-state index is 11.9. The van der Waals surface area contributed by atoms with Crippen LogP contribution in [0.3, 0.4) is 0 Å². The fraction of sp³-hybridized carbons (Fsp3) is 0.974. The van der Waals surface area contributed by atoms with Gasteiger partial charge in [0, 0.05) is 6.42 Å². The predicted octanol–water partition coefficient (Wildman–Crippen LogP) is 14.2. The van der Waals surface area contributed by atoms with E-state index in [1.165, 1.54) is 205 Å². The van der Waals surface area contributed by atoms with Gasteiger partial charge in [-0.2, -0.15) is 0 Å². The summed E-state index contributed by atoms with van der Waals surface area (Å²) in [6, 6.07) is 0. The highest BCUT2D eigenvalue weighted by molar-refractivity contribution is 5.69. The molecular formula is C39H78O2. The zero-order chi connectivity index (χ0) is 29.7. The van der Waals surface area contributed by atoms with E-state index in [-0.39, 0.29) is 5.97 Å². The quantitative estimate of drug-likeness (QED) is 0.0546. The third-order valence-electron chi connectivity index (χ3n) is 9.00. The fourth-order valence-corrected chi connectivity index (χ4v) is 6.08. The van der Waals surface area contributed by atoms with E-state index < -0.39 is 0 Å². The smallest absolute Gasteiger partial charge is 0.305 e. The van der Waals surface area contributed by atoms with Crippen LogP contribution in [0.15, 0.2) is 0 Å². The summed E-state index contributed by atoms with van der Waals surface area (Å²) in [7, 11) is 0. The number of carbonyl (C=O) groups is 1. The summed E-state index contributed by atoms with van der Waals surface area (Å²) in [5.74, 6) is 0.0283. The Labute approximate surface area is 260 Å². The molecular weight excluding hydrogens is 500 g/mol. The van der Waals surface area contributed by atoms with Gasteiger partial charge in [0.05, 0.1) is 6.61 Å². The highest BCUT2D eigenvalue weighted by atomic mass is 16.5. The Morgan fingerprint density at radius 1 is 0.317 bits per heavy atom. The molecule has 0 saturated carbocycles. The molecule has 41 heavy (non-hydrogen) atoms. The van der Waals surface area contributed by atoms with Crippen LogP contribution in [0.2, 0.25) is 0 Å². The Morgan fingerprint density at radius 3 is 0.805 bits per heavy atom. The van der Waals surface area contributed by atoms with E-state index in [2.05, 4.69) is 13.8 Å². The molecule has 0 bridgehead atoms. The molecule has 0 heterocycles. The Hall–Kier alpha value is -0.530. The minimum atomic E-state index is 0.0283. The minimum absolute atomic E-state index is 0.0283. The number of hydrogen-bond acceptors (Lipinski definition) is 2. The second-order valence-corrected chi connectivity index (χ2v) is 13.3. The van der Waals surface area contributed by atoms with Crippen molar-refractivity contribution < 1.29 is 9.53 Å². The summed E-state index contributed by atoms with van der Waals surface area (Å²) in [5.41, 5.74) is 0. The van der Waals surface area contributed by atoms with Gasteiger partial charge in [-0.15, -0.1) is 0 Å². The largest absolute Gasteiger partial charge is 0.466 e. The molecule has 0 aliphatic rings. The summed E-state index contributed by atoms with van der Waals surface area (Å²) in [5, 5.41) is 0. The third kappa shape index (κ3) is 37.4. The second kappa shape index (κ2) is 37.5. The Kier molecular flexibility index (Phi) is 37.0. The normalized spacial score (nSPS) is 11.4. The predicted molar refractivity (Wildman–Crippen MR) is 184 cm³/mol. The van der Waals surface area contributed by atoms with Crippen LogP contribution in [0.1, 0.15) is 239 Å². The summed E-state index contributed by atoms with van der Waals surface area (Å²) >= 11 is 0. The van der Waals surface area contributed by atoms with E-state index in [0.29, 0.717) is 13.0 Å². The van der Waals surface area contributed by atoms with Crippen LogP contribution in [0.25, 0.3) is 0 Å². The van der Waals surface area contributed by atoms with Crippen LogP contribution in [-0.2, 0) is 9.53 Å². The van der Waals surface area contributed by atoms with Crippen molar-refractivity contribution >= 4 is 5.97 Å². The van der Waals surface area contributed by atoms with Crippen LogP contribution in [0, 0.1) is 0 Å². The van der Waals surface area contributed by atoms with Gasteiger partial charge in [-0.25, -0.2) is 0 Å². The fourth-order valence-electron chi connectivity index (χ4n) is 6.08. The van der Waals surface area contributed by atoms with Crippen LogP contribution in [-0.4, -0.2) is 12.6 Å². The first kappa shape index (κ1) is 40.5. The van der Waals surface area contributed by atoms with Crippen molar-refractivity contribution in [2.45, 2.75) is 239 Å². The lowest BCUT2D eigenvalue weighted by Gasteiger charge is -2.06. The van der Waals surface area contributed by atoms with Crippen molar-refractivity contribution in [2.75, 3.05) is 6.61 Å². The lowest BCUT2D eigenvalue weighted by Crippen LogP contribution is -2.05. The van der Waals surface area contributed by atoms with Crippen molar-refractivity contribution in [3.63, 3.8) is 0 Å². The topological polar surface area (TPSA) is 26.3 Å². The van der Waals surface area contributed by atoms with Crippen molar-refractivity contribution in [1.29, 1.82) is 0 Å². The lowest BCUT2D eigenvalue weighted by molar-refractivity contribution is -0.143. The van der Waals surface area contributed by atoms with Crippen LogP contribution in [0.4, 0.5) is 0 Å². The zero-order valence-corrected chi connectivity index (χ0v) is 28.8. The maximum absolute atomic E-state index is 11.9. The maximum Gasteiger partial charge on any atom is 0.305 e. The summed E-state index contributed by atoms with van der Waals surface area (Å²) in [6.07, 6.45) is 47.6. The van der Waals surface area contributed by atoms with Gasteiger partial charge in [0.2, 0.25) is 0 Å². The molecule has 0 aliphatic heterocycles. The van der Waals surface area contributed by atoms with Crippen molar-refractivity contribution in [3.05, 3.63) is 0 Å². The average molecular weight is 579 g/mol. The third-order valence-corrected chi connectivity index (χ3v) is 9.00. The molecule has 0 unspecified atom stereocenters. The first-order valence-corrected chi connectivity index (χ1v) is 19.5. The molecule has 0 fully saturated rings. The number of esters is 1. The summed E-state index contributed by atoms with van der Waals surface area (Å²) in [4.78, 5) is 11.9. The SMILES string of the molecule is CCCCCCCCCCCCCCCCCCCCCCCCCC(=O)OCCCCCCCCCCCCC. The molecule has 2 heteroatoms. The average Bonchev–Trinajstić information content (AvgIpc) is 2.98. The molecule has 0 aromatic rings. The van der Waals surface area contributed by atoms with Crippen molar-refractivity contribution in [1.82, 2.24) is 0 Å². The lowest BCUT2D eigenvalue weighted by atomic mass is 10.0. The molecule has 0 saturated heterocycles. The molecule has 0 radical (unpaired) electrons. The van der Waals surface area contributed by atoms with Crippen LogP contribution < -0.4 is 0 Å². The van der Waals surface area contributed by atoms with E-state index >= 15 is 0 Å². The number of hydrogen-bond donors (Lipinski definition) is 0. The van der Waals surface area contributed by atoms with E-state index in [4.69, 9.17) is 4.74 Å². The molecule has 0 aromatic heterocycles. The molecule has 246 valence electrons. The minimum Gasteiger partial charge on any atom is -0.466 e. The van der Waals surface area contributed by atoms with Crippen molar-refractivity contribution in [2.24, 2.45) is 0 Å². The van der Waals surface area contributed by atoms with Gasteiger partial charge >= 0.3 is 5.97 Å². The number of ether oxygens (including phenoxy) is 1. The molecule has 0 atom stereocenters. The van der Waals surface area contributed by atoms with Gasteiger partial charge < -0.3 is 4.74 Å². The van der Waals surface area contributed by atoms with Crippen LogP contribution >= 0.6 is 0 Å². The van der Waals surface area contributed by atoms with E-state index in [1.807, 2.05) is 0 Å². The standard InChI is InChI=1S/C39H78O2/c1-3-5-7-9-11-13-15-16-17-18-19-20-21-22-23-24-25-26-27-29-31-33-35-37-39(40)41-38-36-34-32-30-28-14-12-10-8-6-4-2/h3-38H2,1-2H3. The Bertz CT molecular complexity index is 474.